The molecular formula is C19H18O2. The summed E-state index contributed by atoms with van der Waals surface area (Å²) in [5.74, 6) is 0.219. The fourth-order valence-electron chi connectivity index (χ4n) is 1.77. The third kappa shape index (κ3) is 4.18. The van der Waals surface area contributed by atoms with Gasteiger partial charge in [0, 0.05) is 11.1 Å². The van der Waals surface area contributed by atoms with E-state index in [1.807, 2.05) is 73.7 Å². The van der Waals surface area contributed by atoms with Gasteiger partial charge in [0.1, 0.15) is 5.76 Å². The molecule has 2 heteroatoms. The number of ether oxygens (including phenoxy) is 1. The SMILES string of the molecule is C/C=C(\C)C(=O)O/C(=C\c1ccccc1)c1ccccc1. The van der Waals surface area contributed by atoms with Crippen LogP contribution in [0.5, 0.6) is 0 Å². The van der Waals surface area contributed by atoms with Crippen molar-refractivity contribution in [2.24, 2.45) is 0 Å². The van der Waals surface area contributed by atoms with Crippen molar-refractivity contribution in [1.82, 2.24) is 0 Å². The van der Waals surface area contributed by atoms with Gasteiger partial charge in [-0.15, -0.1) is 0 Å². The summed E-state index contributed by atoms with van der Waals surface area (Å²) in [6.45, 7) is 3.56. The van der Waals surface area contributed by atoms with Crippen LogP contribution < -0.4 is 0 Å². The molecule has 21 heavy (non-hydrogen) atoms. The van der Waals surface area contributed by atoms with Gasteiger partial charge in [-0.3, -0.25) is 0 Å². The van der Waals surface area contributed by atoms with Crippen LogP contribution in [0.3, 0.4) is 0 Å². The monoisotopic (exact) mass is 278 g/mol. The van der Waals surface area contributed by atoms with Crippen molar-refractivity contribution in [3.8, 4) is 0 Å². The van der Waals surface area contributed by atoms with Crippen molar-refractivity contribution in [2.75, 3.05) is 0 Å². The van der Waals surface area contributed by atoms with Gasteiger partial charge in [-0.1, -0.05) is 66.7 Å². The number of benzene rings is 2. The molecule has 0 N–H and O–H groups in total. The first kappa shape index (κ1) is 14.8. The number of hydrogen-bond acceptors (Lipinski definition) is 2. The number of esters is 1. The van der Waals surface area contributed by atoms with Crippen molar-refractivity contribution < 1.29 is 9.53 Å². The van der Waals surface area contributed by atoms with E-state index in [1.54, 1.807) is 13.0 Å². The Morgan fingerprint density at radius 3 is 2.10 bits per heavy atom. The lowest BCUT2D eigenvalue weighted by atomic mass is 10.1. The highest BCUT2D eigenvalue weighted by Gasteiger charge is 2.10. The summed E-state index contributed by atoms with van der Waals surface area (Å²) < 4.78 is 5.55. The van der Waals surface area contributed by atoms with Gasteiger partial charge < -0.3 is 4.74 Å². The molecule has 0 radical (unpaired) electrons. The Hall–Kier alpha value is -2.61. The van der Waals surface area contributed by atoms with Gasteiger partial charge in [0.25, 0.3) is 0 Å². The third-order valence-electron chi connectivity index (χ3n) is 3.11. The molecule has 0 fully saturated rings. The lowest BCUT2D eigenvalue weighted by Gasteiger charge is -2.09. The van der Waals surface area contributed by atoms with E-state index in [0.717, 1.165) is 11.1 Å². The lowest BCUT2D eigenvalue weighted by molar-refractivity contribution is -0.132. The summed E-state index contributed by atoms with van der Waals surface area (Å²) in [6.07, 6.45) is 3.61. The molecule has 0 aliphatic heterocycles. The van der Waals surface area contributed by atoms with Crippen molar-refractivity contribution in [2.45, 2.75) is 13.8 Å². The average molecular weight is 278 g/mol. The molecule has 0 saturated carbocycles. The zero-order valence-electron chi connectivity index (χ0n) is 12.2. The van der Waals surface area contributed by atoms with E-state index < -0.39 is 0 Å². The zero-order chi connectivity index (χ0) is 15.1. The van der Waals surface area contributed by atoms with Gasteiger partial charge in [0.05, 0.1) is 0 Å². The molecule has 0 aliphatic rings. The molecule has 0 heterocycles. The quantitative estimate of drug-likeness (QED) is 0.351. The second-order valence-corrected chi connectivity index (χ2v) is 4.65. The second-order valence-electron chi connectivity index (χ2n) is 4.65. The van der Waals surface area contributed by atoms with Crippen LogP contribution in [0.25, 0.3) is 11.8 Å². The summed E-state index contributed by atoms with van der Waals surface area (Å²) in [5.41, 5.74) is 2.45. The first-order chi connectivity index (χ1) is 10.2. The van der Waals surface area contributed by atoms with Crippen LogP contribution in [-0.4, -0.2) is 5.97 Å². The number of hydrogen-bond donors (Lipinski definition) is 0. The Morgan fingerprint density at radius 2 is 1.52 bits per heavy atom. The standard InChI is InChI=1S/C19H18O2/c1-3-15(2)19(20)21-18(17-12-8-5-9-13-17)14-16-10-6-4-7-11-16/h3-14H,1-2H3/b15-3+,18-14-. The van der Waals surface area contributed by atoms with Crippen LogP contribution in [0.1, 0.15) is 25.0 Å². The molecule has 106 valence electrons. The molecule has 2 aromatic carbocycles. The molecule has 2 rings (SSSR count). The number of allylic oxidation sites excluding steroid dienone is 1. The Labute approximate surface area is 125 Å². The molecule has 0 unspecified atom stereocenters. The average Bonchev–Trinajstić information content (AvgIpc) is 2.55. The highest BCUT2D eigenvalue weighted by Crippen LogP contribution is 2.20. The molecule has 0 spiro atoms. The Kier molecular flexibility index (Phi) is 5.10. The first-order valence-corrected chi connectivity index (χ1v) is 6.88. The molecule has 0 saturated heterocycles. The maximum atomic E-state index is 12.0. The van der Waals surface area contributed by atoms with Gasteiger partial charge in [-0.05, 0) is 25.5 Å². The van der Waals surface area contributed by atoms with Crippen molar-refractivity contribution in [3.05, 3.63) is 83.4 Å². The molecular weight excluding hydrogens is 260 g/mol. The van der Waals surface area contributed by atoms with E-state index in [0.29, 0.717) is 11.3 Å². The molecule has 0 bridgehead atoms. The minimum atomic E-state index is -0.330. The fourth-order valence-corrected chi connectivity index (χ4v) is 1.77. The summed E-state index contributed by atoms with van der Waals surface area (Å²) in [7, 11) is 0. The lowest BCUT2D eigenvalue weighted by Crippen LogP contribution is -2.05. The smallest absolute Gasteiger partial charge is 0.338 e. The van der Waals surface area contributed by atoms with Crippen LogP contribution in [-0.2, 0) is 9.53 Å². The normalized spacial score (nSPS) is 12.1. The van der Waals surface area contributed by atoms with Crippen molar-refractivity contribution in [3.63, 3.8) is 0 Å². The predicted molar refractivity (Wildman–Crippen MR) is 86.3 cm³/mol. The summed E-state index contributed by atoms with van der Waals surface area (Å²) >= 11 is 0. The number of carbonyl (C=O) groups excluding carboxylic acids is 1. The molecule has 0 atom stereocenters. The first-order valence-electron chi connectivity index (χ1n) is 6.88. The topological polar surface area (TPSA) is 26.3 Å². The molecule has 0 amide bonds. The molecule has 0 aromatic heterocycles. The summed E-state index contributed by atoms with van der Waals surface area (Å²) in [6, 6.07) is 19.4. The van der Waals surface area contributed by atoms with Crippen LogP contribution in [0.15, 0.2) is 72.3 Å². The van der Waals surface area contributed by atoms with Gasteiger partial charge in [-0.25, -0.2) is 4.79 Å². The maximum absolute atomic E-state index is 12.0. The number of rotatable bonds is 4. The van der Waals surface area contributed by atoms with Crippen LogP contribution >= 0.6 is 0 Å². The summed E-state index contributed by atoms with van der Waals surface area (Å²) in [4.78, 5) is 12.0. The van der Waals surface area contributed by atoms with E-state index in [2.05, 4.69) is 0 Å². The van der Waals surface area contributed by atoms with E-state index in [9.17, 15) is 4.79 Å². The molecule has 2 nitrogen and oxygen atoms in total. The Morgan fingerprint density at radius 1 is 0.952 bits per heavy atom. The van der Waals surface area contributed by atoms with Crippen molar-refractivity contribution >= 4 is 17.8 Å². The van der Waals surface area contributed by atoms with Gasteiger partial charge in [-0.2, -0.15) is 0 Å². The molecule has 2 aromatic rings. The fraction of sp³-hybridized carbons (Fsp3) is 0.105. The minimum Gasteiger partial charge on any atom is -0.423 e. The van der Waals surface area contributed by atoms with Crippen LogP contribution in [0.2, 0.25) is 0 Å². The minimum absolute atomic E-state index is 0.330. The van der Waals surface area contributed by atoms with Gasteiger partial charge >= 0.3 is 5.97 Å². The molecule has 0 aliphatic carbocycles. The Bertz CT molecular complexity index is 652. The Balaban J connectivity index is 2.36. The summed E-state index contributed by atoms with van der Waals surface area (Å²) in [5, 5.41) is 0. The highest BCUT2D eigenvalue weighted by atomic mass is 16.5. The van der Waals surface area contributed by atoms with E-state index in [4.69, 9.17) is 4.74 Å². The highest BCUT2D eigenvalue weighted by molar-refractivity contribution is 5.94. The van der Waals surface area contributed by atoms with E-state index >= 15 is 0 Å². The van der Waals surface area contributed by atoms with Crippen LogP contribution in [0, 0.1) is 0 Å². The maximum Gasteiger partial charge on any atom is 0.338 e. The largest absolute Gasteiger partial charge is 0.423 e. The van der Waals surface area contributed by atoms with E-state index in [1.165, 1.54) is 0 Å². The van der Waals surface area contributed by atoms with Gasteiger partial charge in [0.2, 0.25) is 0 Å². The van der Waals surface area contributed by atoms with Gasteiger partial charge in [0.15, 0.2) is 0 Å². The van der Waals surface area contributed by atoms with E-state index in [-0.39, 0.29) is 5.97 Å². The van der Waals surface area contributed by atoms with Crippen molar-refractivity contribution in [1.29, 1.82) is 0 Å². The second kappa shape index (κ2) is 7.25. The van der Waals surface area contributed by atoms with Crippen LogP contribution in [0.4, 0.5) is 0 Å². The number of carbonyl (C=O) groups is 1. The zero-order valence-corrected chi connectivity index (χ0v) is 12.2. The third-order valence-corrected chi connectivity index (χ3v) is 3.11. The predicted octanol–water partition coefficient (Wildman–Crippen LogP) is 4.69.